The third-order valence-electron chi connectivity index (χ3n) is 9.30. The summed E-state index contributed by atoms with van der Waals surface area (Å²) in [5.74, 6) is 0.406. The fraction of sp³-hybridized carbons (Fsp3) is 0.630. The Hall–Kier alpha value is -2.43. The van der Waals surface area contributed by atoms with Crippen molar-refractivity contribution in [2.75, 3.05) is 31.1 Å². The Morgan fingerprint density at radius 2 is 1.79 bits per heavy atom. The van der Waals surface area contributed by atoms with E-state index in [9.17, 15) is 19.7 Å². The molecule has 0 bridgehead atoms. The zero-order valence-corrected chi connectivity index (χ0v) is 23.2. The van der Waals surface area contributed by atoms with Crippen LogP contribution in [0.1, 0.15) is 63.4 Å². The van der Waals surface area contributed by atoms with Crippen LogP contribution in [0, 0.1) is 28.4 Å². The van der Waals surface area contributed by atoms with Crippen LogP contribution in [0.3, 0.4) is 0 Å². The summed E-state index contributed by atoms with van der Waals surface area (Å²) in [7, 11) is 0. The van der Waals surface area contributed by atoms with E-state index < -0.39 is 15.9 Å². The summed E-state index contributed by atoms with van der Waals surface area (Å²) >= 11 is 7.31. The molecular weight excluding hydrogens is 526 g/mol. The van der Waals surface area contributed by atoms with Gasteiger partial charge in [-0.25, -0.2) is 4.99 Å². The Labute approximate surface area is 230 Å². The molecule has 0 atom stereocenters. The van der Waals surface area contributed by atoms with Crippen molar-refractivity contribution in [1.82, 2.24) is 9.88 Å². The van der Waals surface area contributed by atoms with Crippen molar-refractivity contribution < 1.29 is 9.72 Å². The maximum absolute atomic E-state index is 13.2. The van der Waals surface area contributed by atoms with E-state index in [2.05, 4.69) is 14.9 Å². The number of nitro benzene ring substituents is 1. The van der Waals surface area contributed by atoms with Gasteiger partial charge in [0.1, 0.15) is 4.70 Å². The molecule has 0 N–H and O–H groups in total. The van der Waals surface area contributed by atoms with E-state index in [0.29, 0.717) is 47.2 Å². The highest BCUT2D eigenvalue weighted by Crippen LogP contribution is 2.45. The quantitative estimate of drug-likeness (QED) is 0.378. The first kappa shape index (κ1) is 25.8. The Balaban J connectivity index is 1.15. The number of hydrogen-bond donors (Lipinski definition) is 0. The van der Waals surface area contributed by atoms with Crippen LogP contribution in [0.4, 0.5) is 10.8 Å². The molecule has 4 aliphatic rings. The number of benzene rings is 1. The van der Waals surface area contributed by atoms with E-state index in [1.807, 2.05) is 4.90 Å². The highest BCUT2D eigenvalue weighted by molar-refractivity contribution is 7.22. The van der Waals surface area contributed by atoms with Crippen LogP contribution in [0.15, 0.2) is 15.9 Å². The first-order valence-electron chi connectivity index (χ1n) is 13.6. The van der Waals surface area contributed by atoms with Gasteiger partial charge in [0, 0.05) is 36.8 Å². The maximum Gasteiger partial charge on any atom is 0.291 e. The number of nitrogens with zero attached hydrogens (tertiary/aromatic N) is 5. The monoisotopic (exact) mass is 557 g/mol. The van der Waals surface area contributed by atoms with Crippen LogP contribution in [-0.4, -0.2) is 58.6 Å². The molecule has 11 heteroatoms. The van der Waals surface area contributed by atoms with Crippen LogP contribution in [-0.2, 0) is 4.79 Å². The largest absolute Gasteiger partial charge is 0.348 e. The van der Waals surface area contributed by atoms with Gasteiger partial charge in [-0.3, -0.25) is 19.7 Å². The summed E-state index contributed by atoms with van der Waals surface area (Å²) in [6.07, 6.45) is 9.53. The predicted octanol–water partition coefficient (Wildman–Crippen LogP) is 5.14. The Morgan fingerprint density at radius 3 is 2.45 bits per heavy atom. The third kappa shape index (κ3) is 4.44. The van der Waals surface area contributed by atoms with Crippen LogP contribution in [0.25, 0.3) is 10.1 Å². The number of hydrogen-bond acceptors (Lipinski definition) is 8. The molecule has 4 heterocycles. The summed E-state index contributed by atoms with van der Waals surface area (Å²) in [6.45, 7) is 4.91. The molecule has 9 nitrogen and oxygen atoms in total. The maximum atomic E-state index is 13.2. The van der Waals surface area contributed by atoms with Crippen molar-refractivity contribution in [2.45, 2.75) is 70.8 Å². The summed E-state index contributed by atoms with van der Waals surface area (Å²) in [4.78, 5) is 50.8. The summed E-state index contributed by atoms with van der Waals surface area (Å²) in [5.41, 5.74) is 0.294. The van der Waals surface area contributed by atoms with Crippen LogP contribution >= 0.6 is 22.9 Å². The number of nitro groups is 1. The van der Waals surface area contributed by atoms with Crippen molar-refractivity contribution in [3.8, 4) is 0 Å². The smallest absolute Gasteiger partial charge is 0.291 e. The van der Waals surface area contributed by atoms with Crippen molar-refractivity contribution >= 4 is 55.5 Å². The normalized spacial score (nSPS) is 23.1. The fourth-order valence-electron chi connectivity index (χ4n) is 6.92. The number of likely N-dealkylation sites (tertiary alicyclic amines) is 1. The average Bonchev–Trinajstić information content (AvgIpc) is 3.55. The van der Waals surface area contributed by atoms with E-state index >= 15 is 0 Å². The van der Waals surface area contributed by atoms with Gasteiger partial charge in [0.15, 0.2) is 5.13 Å². The molecule has 3 fully saturated rings. The lowest BCUT2D eigenvalue weighted by atomic mass is 9.73. The molecule has 2 aromatic rings. The molecule has 3 aliphatic heterocycles. The lowest BCUT2D eigenvalue weighted by Crippen LogP contribution is -2.44. The molecule has 1 saturated carbocycles. The molecule has 0 unspecified atom stereocenters. The Bertz CT molecular complexity index is 1390. The van der Waals surface area contributed by atoms with Gasteiger partial charge in [-0.2, -0.15) is 4.98 Å². The van der Waals surface area contributed by atoms with E-state index in [-0.39, 0.29) is 22.0 Å². The van der Waals surface area contributed by atoms with Crippen LogP contribution in [0.2, 0.25) is 5.02 Å². The zero-order chi connectivity index (χ0) is 26.6. The molecule has 1 aliphatic carbocycles. The SMILES string of the molecule is Cc1c(Cl)cc2c(=O)nc(N3CCC4(CC3)CC(C3CCN(C5CCCC5)CC3)=NC4=O)sc2c1[N+](=O)[O-]. The molecule has 2 saturated heterocycles. The Kier molecular flexibility index (Phi) is 6.76. The lowest BCUT2D eigenvalue weighted by Gasteiger charge is -2.39. The van der Waals surface area contributed by atoms with Gasteiger partial charge in [0.25, 0.3) is 17.2 Å². The number of carbonyl (C=O) groups excluding carboxylic acids is 1. The van der Waals surface area contributed by atoms with Crippen molar-refractivity contribution in [3.05, 3.63) is 37.1 Å². The molecule has 1 amide bonds. The number of carbonyl (C=O) groups is 1. The van der Waals surface area contributed by atoms with Crippen LogP contribution < -0.4 is 10.5 Å². The molecule has 1 aromatic carbocycles. The van der Waals surface area contributed by atoms with E-state index in [4.69, 9.17) is 11.6 Å². The topological polar surface area (TPSA) is 109 Å². The molecule has 38 heavy (non-hydrogen) atoms. The minimum absolute atomic E-state index is 0.00550. The third-order valence-corrected chi connectivity index (χ3v) is 10.8. The zero-order valence-electron chi connectivity index (χ0n) is 21.6. The highest BCUT2D eigenvalue weighted by Gasteiger charge is 2.48. The average molecular weight is 558 g/mol. The highest BCUT2D eigenvalue weighted by atomic mass is 35.5. The number of fused-ring (bicyclic) bond motifs is 1. The number of piperidine rings is 2. The number of aromatic nitrogens is 1. The van der Waals surface area contributed by atoms with Crippen molar-refractivity contribution in [1.29, 1.82) is 0 Å². The minimum Gasteiger partial charge on any atom is -0.348 e. The first-order valence-corrected chi connectivity index (χ1v) is 14.8. The predicted molar refractivity (Wildman–Crippen MR) is 150 cm³/mol. The van der Waals surface area contributed by atoms with Gasteiger partial charge in [0.2, 0.25) is 0 Å². The molecule has 202 valence electrons. The van der Waals surface area contributed by atoms with Crippen LogP contribution in [0.5, 0.6) is 0 Å². The van der Waals surface area contributed by atoms with E-state index in [0.717, 1.165) is 55.4 Å². The Morgan fingerprint density at radius 1 is 1.11 bits per heavy atom. The van der Waals surface area contributed by atoms with E-state index in [1.54, 1.807) is 6.92 Å². The van der Waals surface area contributed by atoms with Gasteiger partial charge in [0.05, 0.1) is 20.7 Å². The summed E-state index contributed by atoms with van der Waals surface area (Å²) < 4.78 is 0.290. The van der Waals surface area contributed by atoms with Gasteiger partial charge >= 0.3 is 0 Å². The second-order valence-electron chi connectivity index (χ2n) is 11.4. The number of rotatable bonds is 4. The van der Waals surface area contributed by atoms with Gasteiger partial charge < -0.3 is 9.80 Å². The molecule has 1 spiro atoms. The molecule has 1 aromatic heterocycles. The fourth-order valence-corrected chi connectivity index (χ4v) is 8.32. The minimum atomic E-state index is -0.523. The second kappa shape index (κ2) is 9.95. The van der Waals surface area contributed by atoms with Crippen molar-refractivity contribution in [3.63, 3.8) is 0 Å². The van der Waals surface area contributed by atoms with E-state index in [1.165, 1.54) is 31.7 Å². The number of amides is 1. The standard InChI is InChI=1S/C27H32ClN5O4S/c1-16-20(28)14-19-23(22(16)33(36)37)38-26(30-24(19)34)32-12-8-27(9-13-32)15-21(29-25(27)35)17-6-10-31(11-7-17)18-4-2-3-5-18/h14,17-18H,2-13,15H2,1H3. The molecule has 0 radical (unpaired) electrons. The van der Waals surface area contributed by atoms with Crippen molar-refractivity contribution in [2.24, 2.45) is 16.3 Å². The lowest BCUT2D eigenvalue weighted by molar-refractivity contribution is -0.383. The summed E-state index contributed by atoms with van der Waals surface area (Å²) in [5, 5.41) is 12.6. The first-order chi connectivity index (χ1) is 18.3. The van der Waals surface area contributed by atoms with Gasteiger partial charge in [-0.1, -0.05) is 35.8 Å². The second-order valence-corrected chi connectivity index (χ2v) is 12.8. The number of aliphatic imine (C=N–C) groups is 1. The molecular formula is C27H32ClN5O4S. The number of anilines is 1. The van der Waals surface area contributed by atoms with Gasteiger partial charge in [-0.15, -0.1) is 0 Å². The molecule has 6 rings (SSSR count). The summed E-state index contributed by atoms with van der Waals surface area (Å²) in [6, 6.07) is 2.22. The number of halogens is 1. The van der Waals surface area contributed by atoms with Gasteiger partial charge in [-0.05, 0) is 70.5 Å².